The van der Waals surface area contributed by atoms with Crippen LogP contribution in [-0.4, -0.2) is 16.0 Å². The van der Waals surface area contributed by atoms with Gasteiger partial charge in [-0.05, 0) is 69.7 Å². The van der Waals surface area contributed by atoms with Gasteiger partial charge in [0, 0.05) is 21.2 Å². The van der Waals surface area contributed by atoms with Gasteiger partial charge < -0.3 is 4.74 Å². The number of thioether (sulfide) groups is 1. The highest BCUT2D eigenvalue weighted by molar-refractivity contribution is 9.10. The predicted octanol–water partition coefficient (Wildman–Crippen LogP) is 8.36. The zero-order chi connectivity index (χ0) is 24.4. The molecule has 4 nitrogen and oxygen atoms in total. The minimum absolute atomic E-state index is 0.0820. The zero-order valence-electron chi connectivity index (χ0n) is 17.2. The third-order valence-electron chi connectivity index (χ3n) is 4.90. The fourth-order valence-corrected chi connectivity index (χ4v) is 5.44. The molecule has 0 atom stereocenters. The van der Waals surface area contributed by atoms with Gasteiger partial charge in [0.25, 0.3) is 11.1 Å². The molecular formula is C24H14BrCl3FNO3S. The Morgan fingerprint density at radius 2 is 1.74 bits per heavy atom. The molecule has 1 fully saturated rings. The number of halogens is 5. The largest absolute Gasteiger partial charge is 0.486 e. The van der Waals surface area contributed by atoms with Gasteiger partial charge in [0.2, 0.25) is 0 Å². The van der Waals surface area contributed by atoms with Crippen molar-refractivity contribution in [1.82, 2.24) is 4.90 Å². The second-order valence-electron chi connectivity index (χ2n) is 7.16. The van der Waals surface area contributed by atoms with Crippen molar-refractivity contribution >= 4 is 79.7 Å². The van der Waals surface area contributed by atoms with Gasteiger partial charge >= 0.3 is 0 Å². The summed E-state index contributed by atoms with van der Waals surface area (Å²) in [5.41, 5.74) is 1.47. The second-order valence-corrected chi connectivity index (χ2v) is 10.2. The Morgan fingerprint density at radius 1 is 1.00 bits per heavy atom. The van der Waals surface area contributed by atoms with Crippen LogP contribution in [0, 0.1) is 5.82 Å². The average Bonchev–Trinajstić information content (AvgIpc) is 3.04. The number of hydrogen-bond acceptors (Lipinski definition) is 4. The molecule has 2 amide bonds. The number of hydrogen-bond donors (Lipinski definition) is 0. The Morgan fingerprint density at radius 3 is 2.44 bits per heavy atom. The lowest BCUT2D eigenvalue weighted by molar-refractivity contribution is -0.123. The smallest absolute Gasteiger partial charge is 0.293 e. The van der Waals surface area contributed by atoms with E-state index in [1.807, 2.05) is 18.2 Å². The first-order valence-electron chi connectivity index (χ1n) is 9.78. The summed E-state index contributed by atoms with van der Waals surface area (Å²) < 4.78 is 20.5. The molecule has 0 unspecified atom stereocenters. The van der Waals surface area contributed by atoms with Crippen LogP contribution in [0.5, 0.6) is 5.75 Å². The summed E-state index contributed by atoms with van der Waals surface area (Å²) in [4.78, 5) is 26.4. The Hall–Kier alpha value is -2.03. The molecule has 0 radical (unpaired) electrons. The van der Waals surface area contributed by atoms with Crippen LogP contribution >= 0.6 is 62.5 Å². The molecule has 1 saturated heterocycles. The summed E-state index contributed by atoms with van der Waals surface area (Å²) in [6.07, 6.45) is 1.54. The van der Waals surface area contributed by atoms with Gasteiger partial charge in [-0.25, -0.2) is 4.39 Å². The molecule has 0 spiro atoms. The van der Waals surface area contributed by atoms with Gasteiger partial charge in [-0.3, -0.25) is 14.5 Å². The number of amides is 2. The molecule has 34 heavy (non-hydrogen) atoms. The lowest BCUT2D eigenvalue weighted by atomic mass is 10.1. The van der Waals surface area contributed by atoms with Crippen LogP contribution in [-0.2, 0) is 17.9 Å². The third-order valence-corrected chi connectivity index (χ3v) is 7.40. The highest BCUT2D eigenvalue weighted by Gasteiger charge is 2.36. The van der Waals surface area contributed by atoms with Gasteiger partial charge in [-0.1, -0.05) is 59.1 Å². The van der Waals surface area contributed by atoms with Crippen molar-refractivity contribution in [1.29, 1.82) is 0 Å². The Bertz CT molecular complexity index is 1290. The summed E-state index contributed by atoms with van der Waals surface area (Å²) in [5, 5.41) is 0.523. The van der Waals surface area contributed by atoms with Crippen LogP contribution in [0.25, 0.3) is 6.08 Å². The van der Waals surface area contributed by atoms with Crippen molar-refractivity contribution in [2.24, 2.45) is 0 Å². The maximum absolute atomic E-state index is 14.1. The van der Waals surface area contributed by atoms with Crippen molar-refractivity contribution in [2.45, 2.75) is 13.2 Å². The van der Waals surface area contributed by atoms with Crippen molar-refractivity contribution in [2.75, 3.05) is 0 Å². The topological polar surface area (TPSA) is 46.6 Å². The van der Waals surface area contributed by atoms with E-state index in [-0.39, 0.29) is 28.6 Å². The first kappa shape index (κ1) is 25.1. The molecule has 0 aromatic heterocycles. The minimum Gasteiger partial charge on any atom is -0.486 e. The van der Waals surface area contributed by atoms with E-state index < -0.39 is 17.0 Å². The van der Waals surface area contributed by atoms with E-state index in [1.165, 1.54) is 18.2 Å². The van der Waals surface area contributed by atoms with Crippen LogP contribution in [0.1, 0.15) is 16.7 Å². The normalized spacial score (nSPS) is 14.9. The standard InChI is InChI=1S/C24H14BrCl3FNO3S/c25-16-8-13(9-19(28)22(16)33-12-14-4-1-2-5-17(14)26)10-21-23(31)30(24(32)34-21)11-15-18(27)6-3-7-20(15)29/h1-10H,11-12H2/b21-10-. The molecular weight excluding hydrogens is 588 g/mol. The van der Waals surface area contributed by atoms with Crippen LogP contribution < -0.4 is 4.74 Å². The fourth-order valence-electron chi connectivity index (χ4n) is 3.20. The van der Waals surface area contributed by atoms with Crippen molar-refractivity contribution in [3.63, 3.8) is 0 Å². The number of carbonyl (C=O) groups is 2. The van der Waals surface area contributed by atoms with Crippen LogP contribution in [0.4, 0.5) is 9.18 Å². The summed E-state index contributed by atoms with van der Waals surface area (Å²) in [6, 6.07) is 14.8. The molecule has 3 aromatic rings. The molecule has 1 aliphatic heterocycles. The van der Waals surface area contributed by atoms with E-state index in [9.17, 15) is 14.0 Å². The fraction of sp³-hybridized carbons (Fsp3) is 0.0833. The lowest BCUT2D eigenvalue weighted by Crippen LogP contribution is -2.28. The van der Waals surface area contributed by atoms with E-state index in [2.05, 4.69) is 15.9 Å². The summed E-state index contributed by atoms with van der Waals surface area (Å²) in [5.74, 6) is -0.708. The third kappa shape index (κ3) is 5.44. The number of imide groups is 1. The van der Waals surface area contributed by atoms with E-state index in [0.29, 0.717) is 25.8 Å². The van der Waals surface area contributed by atoms with Crippen LogP contribution in [0.2, 0.25) is 15.1 Å². The summed E-state index contributed by atoms with van der Waals surface area (Å²) >= 11 is 22.8. The average molecular weight is 602 g/mol. The van der Waals surface area contributed by atoms with E-state index in [4.69, 9.17) is 39.5 Å². The van der Waals surface area contributed by atoms with Crippen molar-refractivity contribution < 1.29 is 18.7 Å². The van der Waals surface area contributed by atoms with Gasteiger partial charge in [-0.2, -0.15) is 0 Å². The van der Waals surface area contributed by atoms with Crippen LogP contribution in [0.15, 0.2) is 64.0 Å². The maximum atomic E-state index is 14.1. The zero-order valence-corrected chi connectivity index (χ0v) is 21.8. The molecule has 0 saturated carbocycles. The Kier molecular flexibility index (Phi) is 7.90. The Balaban J connectivity index is 1.53. The Labute approximate surface area is 222 Å². The molecule has 174 valence electrons. The molecule has 1 heterocycles. The highest BCUT2D eigenvalue weighted by Crippen LogP contribution is 2.39. The molecule has 3 aromatic carbocycles. The maximum Gasteiger partial charge on any atom is 0.293 e. The van der Waals surface area contributed by atoms with Gasteiger partial charge in [-0.15, -0.1) is 0 Å². The minimum atomic E-state index is -0.585. The molecule has 10 heteroatoms. The molecule has 4 rings (SSSR count). The van der Waals surface area contributed by atoms with Gasteiger partial charge in [0.15, 0.2) is 5.75 Å². The van der Waals surface area contributed by atoms with Crippen molar-refractivity contribution in [3.8, 4) is 5.75 Å². The number of ether oxygens (including phenoxy) is 1. The summed E-state index contributed by atoms with van der Waals surface area (Å²) in [6.45, 7) is -0.0401. The first-order chi connectivity index (χ1) is 16.2. The molecule has 0 N–H and O–H groups in total. The van der Waals surface area contributed by atoms with E-state index in [0.717, 1.165) is 22.2 Å². The van der Waals surface area contributed by atoms with Gasteiger partial charge in [0.1, 0.15) is 12.4 Å². The molecule has 0 bridgehead atoms. The quantitative estimate of drug-likeness (QED) is 0.267. The van der Waals surface area contributed by atoms with Crippen molar-refractivity contribution in [3.05, 3.63) is 102 Å². The predicted molar refractivity (Wildman–Crippen MR) is 138 cm³/mol. The molecule has 1 aliphatic rings. The highest BCUT2D eigenvalue weighted by atomic mass is 79.9. The second kappa shape index (κ2) is 10.7. The number of benzene rings is 3. The van der Waals surface area contributed by atoms with Gasteiger partial charge in [0.05, 0.1) is 20.9 Å². The summed E-state index contributed by atoms with van der Waals surface area (Å²) in [7, 11) is 0. The monoisotopic (exact) mass is 599 g/mol. The number of carbonyl (C=O) groups excluding carboxylic acids is 2. The SMILES string of the molecule is O=C1S/C(=C\c2cc(Cl)c(OCc3ccccc3Cl)c(Br)c2)C(=O)N1Cc1c(F)cccc1Cl. The number of rotatable bonds is 6. The van der Waals surface area contributed by atoms with Crippen LogP contribution in [0.3, 0.4) is 0 Å². The van der Waals surface area contributed by atoms with E-state index >= 15 is 0 Å². The van der Waals surface area contributed by atoms with E-state index in [1.54, 1.807) is 24.3 Å². The molecule has 0 aliphatic carbocycles. The first-order valence-corrected chi connectivity index (χ1v) is 12.5. The lowest BCUT2D eigenvalue weighted by Gasteiger charge is -2.14. The number of nitrogens with zero attached hydrogens (tertiary/aromatic N) is 1.